The van der Waals surface area contributed by atoms with Gasteiger partial charge in [-0.3, -0.25) is 13.9 Å². The molecule has 0 bridgehead atoms. The number of hydrogen-bond donors (Lipinski definition) is 0. The van der Waals surface area contributed by atoms with Crippen molar-refractivity contribution in [3.8, 4) is 0 Å². The van der Waals surface area contributed by atoms with Crippen LogP contribution in [0.3, 0.4) is 0 Å². The van der Waals surface area contributed by atoms with Crippen molar-refractivity contribution in [2.75, 3.05) is 0 Å². The molecule has 32 heavy (non-hydrogen) atoms. The van der Waals surface area contributed by atoms with Crippen LogP contribution in [0.4, 0.5) is 0 Å². The molecule has 0 saturated heterocycles. The fourth-order valence-corrected chi connectivity index (χ4v) is 4.04. The average Bonchev–Trinajstić information content (AvgIpc) is 3.21. The number of aromatic nitrogens is 6. The Kier molecular flexibility index (Phi) is 5.72. The highest BCUT2D eigenvalue weighted by molar-refractivity contribution is 7.98. The van der Waals surface area contributed by atoms with Crippen molar-refractivity contribution in [1.29, 1.82) is 0 Å². The smallest absolute Gasteiger partial charge is 0.332 e. The average molecular weight is 453 g/mol. The first-order valence-electron chi connectivity index (χ1n) is 10.1. The summed E-state index contributed by atoms with van der Waals surface area (Å²) >= 11 is 1.31. The van der Waals surface area contributed by atoms with Crippen LogP contribution in [0.1, 0.15) is 43.9 Å². The maximum atomic E-state index is 12.9. The number of aryl methyl sites for hydroxylation is 1. The monoisotopic (exact) mass is 452 g/mol. The molecule has 1 aromatic carbocycles. The highest BCUT2D eigenvalue weighted by atomic mass is 32.2. The summed E-state index contributed by atoms with van der Waals surface area (Å²) in [6.45, 7) is 5.95. The zero-order chi connectivity index (χ0) is 23.0. The number of hydrogen-bond acceptors (Lipinski definition) is 8. The quantitative estimate of drug-likeness (QED) is 0.336. The second-order valence-corrected chi connectivity index (χ2v) is 9.51. The summed E-state index contributed by atoms with van der Waals surface area (Å²) < 4.78 is 8.23. The first-order valence-corrected chi connectivity index (χ1v) is 11.1. The fraction of sp³-hybridized carbons (Fsp3) is 0.364. The zero-order valence-corrected chi connectivity index (χ0v) is 19.4. The van der Waals surface area contributed by atoms with E-state index in [9.17, 15) is 9.59 Å². The van der Waals surface area contributed by atoms with E-state index in [1.165, 1.54) is 23.4 Å². The molecular formula is C22H24N6O3S. The summed E-state index contributed by atoms with van der Waals surface area (Å²) in [6, 6.07) is 9.88. The predicted octanol–water partition coefficient (Wildman–Crippen LogP) is 2.59. The van der Waals surface area contributed by atoms with E-state index in [1.54, 1.807) is 7.05 Å². The topological polar surface area (TPSA) is 109 Å². The van der Waals surface area contributed by atoms with Gasteiger partial charge in [0.25, 0.3) is 5.56 Å². The minimum absolute atomic E-state index is 0.302. The van der Waals surface area contributed by atoms with Gasteiger partial charge in [-0.05, 0) is 5.56 Å². The Morgan fingerprint density at radius 3 is 2.34 bits per heavy atom. The van der Waals surface area contributed by atoms with Crippen molar-refractivity contribution in [2.45, 2.75) is 43.4 Å². The van der Waals surface area contributed by atoms with Crippen molar-refractivity contribution >= 4 is 22.8 Å². The lowest BCUT2D eigenvalue weighted by Crippen LogP contribution is -2.38. The van der Waals surface area contributed by atoms with Crippen LogP contribution < -0.4 is 11.2 Å². The van der Waals surface area contributed by atoms with Gasteiger partial charge in [-0.15, -0.1) is 10.2 Å². The lowest BCUT2D eigenvalue weighted by atomic mass is 9.96. The van der Waals surface area contributed by atoms with Crippen molar-refractivity contribution < 1.29 is 4.42 Å². The highest BCUT2D eigenvalue weighted by Crippen LogP contribution is 2.29. The second-order valence-electron chi connectivity index (χ2n) is 8.55. The molecule has 3 aromatic heterocycles. The van der Waals surface area contributed by atoms with E-state index >= 15 is 0 Å². The molecule has 166 valence electrons. The van der Waals surface area contributed by atoms with Crippen molar-refractivity contribution in [1.82, 2.24) is 29.3 Å². The van der Waals surface area contributed by atoms with E-state index in [0.717, 1.165) is 10.1 Å². The summed E-state index contributed by atoms with van der Waals surface area (Å²) in [5.74, 6) is 1.84. The molecule has 9 nitrogen and oxygen atoms in total. The van der Waals surface area contributed by atoms with Crippen LogP contribution in [0.2, 0.25) is 0 Å². The van der Waals surface area contributed by atoms with Gasteiger partial charge in [-0.2, -0.15) is 0 Å². The van der Waals surface area contributed by atoms with Crippen LogP contribution in [-0.4, -0.2) is 29.3 Å². The first-order chi connectivity index (χ1) is 15.1. The van der Waals surface area contributed by atoms with Gasteiger partial charge in [0.1, 0.15) is 16.2 Å². The molecule has 10 heteroatoms. The van der Waals surface area contributed by atoms with Gasteiger partial charge >= 0.3 is 5.69 Å². The SMILES string of the molecule is Cn1c(=O)c2c(SCc3nnc(Cc4ccccc4)o3)nc(C(C)(C)C)nc2n(C)c1=O. The third kappa shape index (κ3) is 4.22. The number of rotatable bonds is 5. The van der Waals surface area contributed by atoms with Gasteiger partial charge < -0.3 is 4.42 Å². The van der Waals surface area contributed by atoms with Gasteiger partial charge in [-0.25, -0.2) is 14.8 Å². The Morgan fingerprint density at radius 2 is 1.66 bits per heavy atom. The summed E-state index contributed by atoms with van der Waals surface area (Å²) in [5.41, 5.74) is 0.168. The van der Waals surface area contributed by atoms with Crippen molar-refractivity contribution in [3.63, 3.8) is 0 Å². The van der Waals surface area contributed by atoms with E-state index < -0.39 is 11.2 Å². The van der Waals surface area contributed by atoms with Crippen molar-refractivity contribution in [2.24, 2.45) is 14.1 Å². The molecule has 0 radical (unpaired) electrons. The summed E-state index contributed by atoms with van der Waals surface area (Å²) in [6.07, 6.45) is 0.547. The summed E-state index contributed by atoms with van der Waals surface area (Å²) in [5, 5.41) is 9.04. The van der Waals surface area contributed by atoms with Crippen LogP contribution in [0.15, 0.2) is 49.4 Å². The number of thioether (sulfide) groups is 1. The lowest BCUT2D eigenvalue weighted by Gasteiger charge is -2.19. The number of benzene rings is 1. The Bertz CT molecular complexity index is 1400. The normalized spacial score (nSPS) is 11.9. The molecule has 4 rings (SSSR count). The number of fused-ring (bicyclic) bond motifs is 1. The van der Waals surface area contributed by atoms with Gasteiger partial charge in [0, 0.05) is 19.5 Å². The summed E-state index contributed by atoms with van der Waals surface area (Å²) in [7, 11) is 3.05. The van der Waals surface area contributed by atoms with E-state index in [1.807, 2.05) is 51.1 Å². The van der Waals surface area contributed by atoms with E-state index in [2.05, 4.69) is 20.2 Å². The Morgan fingerprint density at radius 1 is 0.969 bits per heavy atom. The molecule has 4 aromatic rings. The largest absolute Gasteiger partial charge is 0.424 e. The molecular weight excluding hydrogens is 428 g/mol. The molecule has 0 aliphatic carbocycles. The molecule has 0 atom stereocenters. The third-order valence-electron chi connectivity index (χ3n) is 4.98. The van der Waals surface area contributed by atoms with Gasteiger partial charge in [0.15, 0.2) is 5.65 Å². The number of nitrogens with zero attached hydrogens (tertiary/aromatic N) is 6. The predicted molar refractivity (Wildman–Crippen MR) is 122 cm³/mol. The molecule has 0 saturated carbocycles. The van der Waals surface area contributed by atoms with Gasteiger partial charge in [0.2, 0.25) is 11.8 Å². The molecule has 0 fully saturated rings. The minimum Gasteiger partial charge on any atom is -0.424 e. The molecule has 0 spiro atoms. The molecule has 3 heterocycles. The zero-order valence-electron chi connectivity index (χ0n) is 18.6. The van der Waals surface area contributed by atoms with Crippen LogP contribution in [0.25, 0.3) is 11.0 Å². The second kappa shape index (κ2) is 8.34. The van der Waals surface area contributed by atoms with Crippen LogP contribution in [0.5, 0.6) is 0 Å². The van der Waals surface area contributed by atoms with E-state index in [-0.39, 0.29) is 5.41 Å². The summed E-state index contributed by atoms with van der Waals surface area (Å²) in [4.78, 5) is 34.6. The molecule has 0 N–H and O–H groups in total. The lowest BCUT2D eigenvalue weighted by molar-refractivity contribution is 0.474. The van der Waals surface area contributed by atoms with E-state index in [4.69, 9.17) is 4.42 Å². The molecule has 0 aliphatic heterocycles. The Balaban J connectivity index is 1.70. The Hall–Kier alpha value is -3.27. The third-order valence-corrected chi connectivity index (χ3v) is 5.94. The standard InChI is InChI=1S/C22H24N6O3S/c1-22(2,3)20-23-17-16(19(29)28(5)21(30)27(17)4)18(24-20)32-12-15-26-25-14(31-15)11-13-9-7-6-8-10-13/h6-10H,11-12H2,1-5H3. The molecule has 0 unspecified atom stereocenters. The van der Waals surface area contributed by atoms with Gasteiger partial charge in [-0.1, -0.05) is 62.9 Å². The molecule has 0 amide bonds. The maximum Gasteiger partial charge on any atom is 0.332 e. The minimum atomic E-state index is -0.431. The van der Waals surface area contributed by atoms with Crippen LogP contribution in [0, 0.1) is 0 Å². The fourth-order valence-electron chi connectivity index (χ4n) is 3.19. The van der Waals surface area contributed by atoms with Crippen LogP contribution >= 0.6 is 11.8 Å². The maximum absolute atomic E-state index is 12.9. The van der Waals surface area contributed by atoms with Gasteiger partial charge in [0.05, 0.1) is 12.2 Å². The van der Waals surface area contributed by atoms with Crippen LogP contribution in [-0.2, 0) is 31.7 Å². The van der Waals surface area contributed by atoms with E-state index in [0.29, 0.717) is 45.8 Å². The Labute approximate surface area is 188 Å². The molecule has 0 aliphatic rings. The first kappa shape index (κ1) is 21.9. The van der Waals surface area contributed by atoms with Crippen molar-refractivity contribution in [3.05, 3.63) is 74.3 Å². The highest BCUT2D eigenvalue weighted by Gasteiger charge is 2.24.